The number of amides is 1. The number of hydrogen-bond donors (Lipinski definition) is 2. The van der Waals surface area contributed by atoms with Gasteiger partial charge >= 0.3 is 0 Å². The van der Waals surface area contributed by atoms with Crippen molar-refractivity contribution in [1.82, 2.24) is 10.3 Å². The number of hydrogen-bond acceptors (Lipinski definition) is 4. The fourth-order valence-corrected chi connectivity index (χ4v) is 4.03. The van der Waals surface area contributed by atoms with Crippen LogP contribution in [-0.4, -0.2) is 37.1 Å². The summed E-state index contributed by atoms with van der Waals surface area (Å²) < 4.78 is 0. The van der Waals surface area contributed by atoms with Crippen molar-refractivity contribution in [2.24, 2.45) is 0 Å². The maximum Gasteiger partial charge on any atom is 0.256 e. The number of aromatic nitrogens is 1. The Hall–Kier alpha value is -3.44. The Bertz CT molecular complexity index is 1070. The van der Waals surface area contributed by atoms with Gasteiger partial charge in [0.25, 0.3) is 5.91 Å². The van der Waals surface area contributed by atoms with Crippen LogP contribution in [0.3, 0.4) is 0 Å². The molecule has 144 valence electrons. The average molecular weight is 382 g/mol. The molecule has 29 heavy (non-hydrogen) atoms. The molecule has 2 aliphatic heterocycles. The second-order valence-corrected chi connectivity index (χ2v) is 7.30. The summed E-state index contributed by atoms with van der Waals surface area (Å²) in [7, 11) is 0. The standard InChI is InChI=1S/C24H22N4O/c29-24-21(16-17-4-6-19(7-5-17)28-14-12-26-13-15-28)23-20(2-1-3-22(23)27-24)18-8-10-25-11-9-18/h1-11,16,26H,12-15H2,(H,27,29). The first-order chi connectivity index (χ1) is 14.3. The SMILES string of the molecule is O=C1Nc2cccc(-c3ccncc3)c2C1=Cc1ccc(N2CCNCC2)cc1. The molecule has 1 amide bonds. The predicted octanol–water partition coefficient (Wildman–Crippen LogP) is 3.65. The van der Waals surface area contributed by atoms with Gasteiger partial charge in [0, 0.05) is 55.5 Å². The third-order valence-corrected chi connectivity index (χ3v) is 5.50. The Morgan fingerprint density at radius 2 is 1.69 bits per heavy atom. The van der Waals surface area contributed by atoms with Crippen LogP contribution in [0.4, 0.5) is 11.4 Å². The summed E-state index contributed by atoms with van der Waals surface area (Å²) >= 11 is 0. The molecule has 1 saturated heterocycles. The van der Waals surface area contributed by atoms with Crippen molar-refractivity contribution in [2.45, 2.75) is 0 Å². The Morgan fingerprint density at radius 3 is 2.45 bits per heavy atom. The minimum Gasteiger partial charge on any atom is -0.369 e. The molecule has 0 atom stereocenters. The number of pyridine rings is 1. The number of anilines is 2. The first-order valence-corrected chi connectivity index (χ1v) is 9.92. The zero-order chi connectivity index (χ0) is 19.6. The molecule has 0 saturated carbocycles. The van der Waals surface area contributed by atoms with Crippen molar-refractivity contribution in [2.75, 3.05) is 36.4 Å². The van der Waals surface area contributed by atoms with Gasteiger partial charge in [-0.3, -0.25) is 9.78 Å². The molecule has 0 spiro atoms. The zero-order valence-electron chi connectivity index (χ0n) is 16.1. The van der Waals surface area contributed by atoms with E-state index in [0.29, 0.717) is 5.57 Å². The molecule has 5 heteroatoms. The van der Waals surface area contributed by atoms with E-state index >= 15 is 0 Å². The highest BCUT2D eigenvalue weighted by atomic mass is 16.2. The molecule has 1 fully saturated rings. The average Bonchev–Trinajstić information content (AvgIpc) is 3.10. The second kappa shape index (κ2) is 7.53. The highest BCUT2D eigenvalue weighted by Crippen LogP contribution is 2.40. The fraction of sp³-hybridized carbons (Fsp3) is 0.167. The summed E-state index contributed by atoms with van der Waals surface area (Å²) in [6.45, 7) is 4.07. The lowest BCUT2D eigenvalue weighted by molar-refractivity contribution is -0.110. The van der Waals surface area contributed by atoms with Gasteiger partial charge in [0.1, 0.15) is 0 Å². The number of nitrogens with zero attached hydrogens (tertiary/aromatic N) is 2. The molecule has 1 aromatic heterocycles. The molecule has 0 aliphatic carbocycles. The maximum absolute atomic E-state index is 12.7. The Labute approximate surface area is 170 Å². The Balaban J connectivity index is 1.51. The number of piperazine rings is 1. The number of nitrogens with one attached hydrogen (secondary N) is 2. The third-order valence-electron chi connectivity index (χ3n) is 5.50. The predicted molar refractivity (Wildman–Crippen MR) is 118 cm³/mol. The zero-order valence-corrected chi connectivity index (χ0v) is 16.1. The highest BCUT2D eigenvalue weighted by Gasteiger charge is 2.27. The molecule has 5 rings (SSSR count). The first-order valence-electron chi connectivity index (χ1n) is 9.92. The van der Waals surface area contributed by atoms with Crippen LogP contribution >= 0.6 is 0 Å². The van der Waals surface area contributed by atoms with Gasteiger partial charge in [0.05, 0.1) is 5.57 Å². The molecule has 3 heterocycles. The smallest absolute Gasteiger partial charge is 0.256 e. The molecule has 0 unspecified atom stereocenters. The molecule has 0 bridgehead atoms. The fourth-order valence-electron chi connectivity index (χ4n) is 4.03. The van der Waals surface area contributed by atoms with Crippen LogP contribution in [0.2, 0.25) is 0 Å². The van der Waals surface area contributed by atoms with Crippen molar-refractivity contribution in [3.05, 3.63) is 78.1 Å². The highest BCUT2D eigenvalue weighted by molar-refractivity contribution is 6.36. The van der Waals surface area contributed by atoms with Gasteiger partial charge in [-0.15, -0.1) is 0 Å². The maximum atomic E-state index is 12.7. The number of carbonyl (C=O) groups is 1. The molecular weight excluding hydrogens is 360 g/mol. The van der Waals surface area contributed by atoms with E-state index < -0.39 is 0 Å². The quantitative estimate of drug-likeness (QED) is 0.679. The monoisotopic (exact) mass is 382 g/mol. The Kier molecular flexibility index (Phi) is 4.58. The Morgan fingerprint density at radius 1 is 0.931 bits per heavy atom. The number of benzene rings is 2. The summed E-state index contributed by atoms with van der Waals surface area (Å²) in [5.74, 6) is -0.0623. The van der Waals surface area contributed by atoms with Crippen molar-refractivity contribution in [3.63, 3.8) is 0 Å². The molecule has 3 aromatic rings. The minimum atomic E-state index is -0.0623. The molecule has 0 radical (unpaired) electrons. The minimum absolute atomic E-state index is 0.0623. The largest absolute Gasteiger partial charge is 0.369 e. The van der Waals surface area contributed by atoms with Crippen LogP contribution in [0.5, 0.6) is 0 Å². The summed E-state index contributed by atoms with van der Waals surface area (Å²) in [4.78, 5) is 19.2. The summed E-state index contributed by atoms with van der Waals surface area (Å²) in [6.07, 6.45) is 5.53. The summed E-state index contributed by atoms with van der Waals surface area (Å²) in [6, 6.07) is 18.4. The van der Waals surface area contributed by atoms with Gasteiger partial charge < -0.3 is 15.5 Å². The van der Waals surface area contributed by atoms with Crippen LogP contribution in [-0.2, 0) is 4.79 Å². The summed E-state index contributed by atoms with van der Waals surface area (Å²) in [5, 5.41) is 6.38. The molecule has 2 N–H and O–H groups in total. The van der Waals surface area contributed by atoms with Crippen LogP contribution in [0.25, 0.3) is 22.8 Å². The van der Waals surface area contributed by atoms with E-state index in [1.807, 2.05) is 30.3 Å². The van der Waals surface area contributed by atoms with Crippen LogP contribution < -0.4 is 15.5 Å². The number of fused-ring (bicyclic) bond motifs is 1. The molecular formula is C24H22N4O. The second-order valence-electron chi connectivity index (χ2n) is 7.30. The van der Waals surface area contributed by atoms with Gasteiger partial charge in [0.15, 0.2) is 0 Å². The normalized spacial score (nSPS) is 17.3. The van der Waals surface area contributed by atoms with E-state index in [1.54, 1.807) is 12.4 Å². The van der Waals surface area contributed by atoms with E-state index in [0.717, 1.165) is 54.1 Å². The molecule has 2 aliphatic rings. The van der Waals surface area contributed by atoms with Crippen molar-refractivity contribution >= 4 is 28.9 Å². The molecule has 2 aromatic carbocycles. The van der Waals surface area contributed by atoms with Crippen molar-refractivity contribution in [1.29, 1.82) is 0 Å². The van der Waals surface area contributed by atoms with Crippen molar-refractivity contribution in [3.8, 4) is 11.1 Å². The molecule has 5 nitrogen and oxygen atoms in total. The topological polar surface area (TPSA) is 57.3 Å². The van der Waals surface area contributed by atoms with Gasteiger partial charge in [-0.1, -0.05) is 24.3 Å². The third kappa shape index (κ3) is 3.41. The van der Waals surface area contributed by atoms with E-state index in [1.165, 1.54) is 5.69 Å². The lowest BCUT2D eigenvalue weighted by Gasteiger charge is -2.29. The first kappa shape index (κ1) is 17.6. The van der Waals surface area contributed by atoms with E-state index in [2.05, 4.69) is 50.8 Å². The van der Waals surface area contributed by atoms with Gasteiger partial charge in [-0.25, -0.2) is 0 Å². The number of rotatable bonds is 3. The number of carbonyl (C=O) groups excluding carboxylic acids is 1. The van der Waals surface area contributed by atoms with E-state index in [9.17, 15) is 4.79 Å². The van der Waals surface area contributed by atoms with Crippen LogP contribution in [0.15, 0.2) is 67.0 Å². The van der Waals surface area contributed by atoms with Crippen molar-refractivity contribution < 1.29 is 4.79 Å². The van der Waals surface area contributed by atoms with Crippen LogP contribution in [0.1, 0.15) is 11.1 Å². The lowest BCUT2D eigenvalue weighted by atomic mass is 9.94. The van der Waals surface area contributed by atoms with Crippen LogP contribution in [0, 0.1) is 0 Å². The summed E-state index contributed by atoms with van der Waals surface area (Å²) in [5.41, 5.74) is 6.83. The van der Waals surface area contributed by atoms with Gasteiger partial charge in [-0.2, -0.15) is 0 Å². The van der Waals surface area contributed by atoms with E-state index in [4.69, 9.17) is 0 Å². The lowest BCUT2D eigenvalue weighted by Crippen LogP contribution is -2.43. The van der Waals surface area contributed by atoms with Gasteiger partial charge in [-0.05, 0) is 53.1 Å². The van der Waals surface area contributed by atoms with Gasteiger partial charge in [0.2, 0.25) is 0 Å². The van der Waals surface area contributed by atoms with E-state index in [-0.39, 0.29) is 5.91 Å².